The topological polar surface area (TPSA) is 66.4 Å². The summed E-state index contributed by atoms with van der Waals surface area (Å²) in [5.41, 5.74) is -2.13. The minimum absolute atomic E-state index is 0.215. The molecular weight excluding hydrogens is 295 g/mol. The second-order valence-electron chi connectivity index (χ2n) is 4.70. The zero-order chi connectivity index (χ0) is 15.6. The predicted molar refractivity (Wildman–Crippen MR) is 67.5 cm³/mol. The Morgan fingerprint density at radius 3 is 2.10 bits per heavy atom. The number of hydrogen-bond donors (Lipinski definition) is 2. The van der Waals surface area contributed by atoms with Gasteiger partial charge >= 0.3 is 6.18 Å². The Morgan fingerprint density at radius 2 is 1.70 bits per heavy atom. The molecule has 0 saturated carbocycles. The van der Waals surface area contributed by atoms with Gasteiger partial charge in [-0.25, -0.2) is 13.1 Å². The van der Waals surface area contributed by atoms with Crippen molar-refractivity contribution in [3.8, 4) is 0 Å². The summed E-state index contributed by atoms with van der Waals surface area (Å²) >= 11 is 0. The van der Waals surface area contributed by atoms with Gasteiger partial charge in [0.15, 0.2) is 0 Å². The van der Waals surface area contributed by atoms with E-state index in [1.165, 1.54) is 6.92 Å². The summed E-state index contributed by atoms with van der Waals surface area (Å²) in [5.74, 6) is 0. The van der Waals surface area contributed by atoms with E-state index in [-0.39, 0.29) is 11.4 Å². The molecule has 1 rings (SSSR count). The third-order valence-electron chi connectivity index (χ3n) is 2.90. The maximum Gasteiger partial charge on any atom is 0.416 e. The fourth-order valence-corrected chi connectivity index (χ4v) is 2.44. The Bertz CT molecular complexity index is 550. The van der Waals surface area contributed by atoms with E-state index in [1.807, 2.05) is 0 Å². The normalized spacial score (nSPS) is 15.9. The zero-order valence-corrected chi connectivity index (χ0v) is 11.8. The highest BCUT2D eigenvalue weighted by molar-refractivity contribution is 7.89. The van der Waals surface area contributed by atoms with E-state index in [2.05, 4.69) is 4.72 Å². The number of hydrogen-bond acceptors (Lipinski definition) is 3. The number of rotatable bonds is 5. The molecule has 0 aliphatic rings. The molecule has 0 aliphatic carbocycles. The standard InChI is InChI=1S/C12H16F3NO3S/c1-3-11(2,17)8-16-20(18,19)10-6-4-9(5-7-10)12(13,14)15/h4-7,16-17H,3,8H2,1-2H3. The Labute approximate surface area is 115 Å². The first-order chi connectivity index (χ1) is 8.98. The summed E-state index contributed by atoms with van der Waals surface area (Å²) in [6.07, 6.45) is -4.18. The van der Waals surface area contributed by atoms with Crippen molar-refractivity contribution in [1.29, 1.82) is 0 Å². The largest absolute Gasteiger partial charge is 0.416 e. The Morgan fingerprint density at radius 1 is 1.20 bits per heavy atom. The summed E-state index contributed by atoms with van der Waals surface area (Å²) in [6, 6.07) is 3.16. The van der Waals surface area contributed by atoms with E-state index in [0.717, 1.165) is 12.1 Å². The van der Waals surface area contributed by atoms with Gasteiger partial charge in [-0.3, -0.25) is 0 Å². The van der Waals surface area contributed by atoms with Crippen LogP contribution in [0.1, 0.15) is 25.8 Å². The Kier molecular flexibility index (Phi) is 4.83. The van der Waals surface area contributed by atoms with Crippen molar-refractivity contribution in [2.45, 2.75) is 36.9 Å². The SMILES string of the molecule is CCC(C)(O)CNS(=O)(=O)c1ccc(C(F)(F)F)cc1. The summed E-state index contributed by atoms with van der Waals surface area (Å²) < 4.78 is 63.0. The minimum Gasteiger partial charge on any atom is -0.389 e. The first kappa shape index (κ1) is 16.9. The van der Waals surface area contributed by atoms with E-state index in [0.29, 0.717) is 18.6 Å². The van der Waals surface area contributed by atoms with Gasteiger partial charge in [-0.1, -0.05) is 6.92 Å². The van der Waals surface area contributed by atoms with Crippen molar-refractivity contribution in [2.75, 3.05) is 6.54 Å². The summed E-state index contributed by atoms with van der Waals surface area (Å²) in [6.45, 7) is 2.93. The number of halogens is 3. The highest BCUT2D eigenvalue weighted by Crippen LogP contribution is 2.29. The smallest absolute Gasteiger partial charge is 0.389 e. The maximum atomic E-state index is 12.4. The van der Waals surface area contributed by atoms with Crippen LogP contribution in [0.15, 0.2) is 29.2 Å². The molecule has 1 aromatic carbocycles. The zero-order valence-electron chi connectivity index (χ0n) is 11.0. The highest BCUT2D eigenvalue weighted by atomic mass is 32.2. The number of alkyl halides is 3. The average molecular weight is 311 g/mol. The molecule has 4 nitrogen and oxygen atoms in total. The van der Waals surface area contributed by atoms with Gasteiger partial charge in [-0.2, -0.15) is 13.2 Å². The monoisotopic (exact) mass is 311 g/mol. The lowest BCUT2D eigenvalue weighted by atomic mass is 10.1. The molecule has 1 atom stereocenters. The van der Waals surface area contributed by atoms with Gasteiger partial charge < -0.3 is 5.11 Å². The van der Waals surface area contributed by atoms with Crippen molar-refractivity contribution < 1.29 is 26.7 Å². The van der Waals surface area contributed by atoms with Crippen LogP contribution in [0.2, 0.25) is 0 Å². The van der Waals surface area contributed by atoms with Gasteiger partial charge in [-0.05, 0) is 37.6 Å². The van der Waals surface area contributed by atoms with Crippen LogP contribution in [-0.2, 0) is 16.2 Å². The Balaban J connectivity index is 2.89. The number of sulfonamides is 1. The molecule has 2 N–H and O–H groups in total. The number of aliphatic hydroxyl groups is 1. The molecule has 0 amide bonds. The van der Waals surface area contributed by atoms with E-state index in [9.17, 15) is 26.7 Å². The molecule has 0 spiro atoms. The van der Waals surface area contributed by atoms with Gasteiger partial charge in [0, 0.05) is 6.54 Å². The minimum atomic E-state index is -4.51. The van der Waals surface area contributed by atoms with Crippen LogP contribution in [0, 0.1) is 0 Å². The number of nitrogens with one attached hydrogen (secondary N) is 1. The van der Waals surface area contributed by atoms with E-state index in [1.54, 1.807) is 6.92 Å². The molecule has 0 saturated heterocycles. The van der Waals surface area contributed by atoms with Crippen LogP contribution in [0.3, 0.4) is 0 Å². The van der Waals surface area contributed by atoms with Crippen LogP contribution in [0.25, 0.3) is 0 Å². The van der Waals surface area contributed by atoms with Gasteiger partial charge in [0.2, 0.25) is 10.0 Å². The van der Waals surface area contributed by atoms with Crippen LogP contribution >= 0.6 is 0 Å². The van der Waals surface area contributed by atoms with Gasteiger partial charge in [0.1, 0.15) is 0 Å². The van der Waals surface area contributed by atoms with Crippen LogP contribution < -0.4 is 4.72 Å². The fraction of sp³-hybridized carbons (Fsp3) is 0.500. The third-order valence-corrected chi connectivity index (χ3v) is 4.31. The summed E-state index contributed by atoms with van der Waals surface area (Å²) in [4.78, 5) is -0.280. The van der Waals surface area contributed by atoms with E-state index >= 15 is 0 Å². The van der Waals surface area contributed by atoms with Crippen LogP contribution in [-0.4, -0.2) is 25.7 Å². The van der Waals surface area contributed by atoms with Crippen molar-refractivity contribution in [1.82, 2.24) is 4.72 Å². The van der Waals surface area contributed by atoms with E-state index in [4.69, 9.17) is 0 Å². The number of benzene rings is 1. The molecule has 1 aromatic rings. The Hall–Kier alpha value is -1.12. The molecule has 0 aliphatic heterocycles. The van der Waals surface area contributed by atoms with Crippen LogP contribution in [0.4, 0.5) is 13.2 Å². The van der Waals surface area contributed by atoms with Crippen molar-refractivity contribution >= 4 is 10.0 Å². The van der Waals surface area contributed by atoms with Crippen molar-refractivity contribution in [2.24, 2.45) is 0 Å². The molecular formula is C12H16F3NO3S. The van der Waals surface area contributed by atoms with E-state index < -0.39 is 27.4 Å². The second-order valence-corrected chi connectivity index (χ2v) is 6.46. The summed E-state index contributed by atoms with van der Waals surface area (Å²) in [7, 11) is -3.94. The molecule has 0 bridgehead atoms. The summed E-state index contributed by atoms with van der Waals surface area (Å²) in [5, 5.41) is 9.71. The lowest BCUT2D eigenvalue weighted by Gasteiger charge is -2.21. The van der Waals surface area contributed by atoms with Crippen molar-refractivity contribution in [3.63, 3.8) is 0 Å². The van der Waals surface area contributed by atoms with Crippen molar-refractivity contribution in [3.05, 3.63) is 29.8 Å². The first-order valence-electron chi connectivity index (χ1n) is 5.87. The van der Waals surface area contributed by atoms with Gasteiger partial charge in [0.05, 0.1) is 16.1 Å². The van der Waals surface area contributed by atoms with Crippen LogP contribution in [0.5, 0.6) is 0 Å². The molecule has 0 radical (unpaired) electrons. The van der Waals surface area contributed by atoms with Gasteiger partial charge in [-0.15, -0.1) is 0 Å². The van der Waals surface area contributed by atoms with Gasteiger partial charge in [0.25, 0.3) is 0 Å². The highest BCUT2D eigenvalue weighted by Gasteiger charge is 2.30. The molecule has 114 valence electrons. The predicted octanol–water partition coefficient (Wildman–Crippen LogP) is 2.14. The first-order valence-corrected chi connectivity index (χ1v) is 7.35. The molecule has 1 unspecified atom stereocenters. The molecule has 0 fully saturated rings. The molecule has 8 heteroatoms. The maximum absolute atomic E-state index is 12.4. The average Bonchev–Trinajstić information content (AvgIpc) is 2.36. The quantitative estimate of drug-likeness (QED) is 0.875. The second kappa shape index (κ2) is 5.71. The molecule has 20 heavy (non-hydrogen) atoms. The molecule has 0 heterocycles. The lowest BCUT2D eigenvalue weighted by molar-refractivity contribution is -0.137. The molecule has 0 aromatic heterocycles. The lowest BCUT2D eigenvalue weighted by Crippen LogP contribution is -2.40. The third kappa shape index (κ3) is 4.46. The fourth-order valence-electron chi connectivity index (χ4n) is 1.28.